The van der Waals surface area contributed by atoms with Crippen LogP contribution in [0.25, 0.3) is 38.3 Å². The van der Waals surface area contributed by atoms with Crippen LogP contribution in [0.5, 0.6) is 5.95 Å². The van der Waals surface area contributed by atoms with Crippen LogP contribution in [0.15, 0.2) is 89.5 Å². The standard InChI is InChI=1S/C30H19F3N4O3S/c1-16-7-13-20(14-8-16)37-25(29(39)40-36-37)26(38)27-24(34)23-21(17-9-11-19(12-10-17)30(31,32)33)15-22(35-28(23)41-27)18-5-3-2-4-6-18/h2-15H,1H3,(H2-,34,36,38,39). The molecule has 0 fully saturated rings. The maximum atomic E-state index is 13.8. The van der Waals surface area contributed by atoms with Crippen LogP contribution in [0, 0.1) is 6.92 Å². The highest BCUT2D eigenvalue weighted by Crippen LogP contribution is 2.43. The zero-order valence-electron chi connectivity index (χ0n) is 21.3. The van der Waals surface area contributed by atoms with Crippen molar-refractivity contribution >= 4 is 33.0 Å². The topological polar surface area (TPSA) is 109 Å². The number of halogens is 3. The highest BCUT2D eigenvalue weighted by molar-refractivity contribution is 7.21. The number of hydrogen-bond donors (Lipinski definition) is 1. The van der Waals surface area contributed by atoms with Gasteiger partial charge in [-0.1, -0.05) is 60.2 Å². The van der Waals surface area contributed by atoms with E-state index in [2.05, 4.69) is 5.27 Å². The largest absolute Gasteiger partial charge is 0.539 e. The van der Waals surface area contributed by atoms with Crippen molar-refractivity contribution in [3.05, 3.63) is 107 Å². The Hall–Kier alpha value is -5.03. The maximum absolute atomic E-state index is 13.8. The van der Waals surface area contributed by atoms with E-state index in [4.69, 9.17) is 15.2 Å². The molecular formula is C30H19F3N4O3S. The molecule has 0 radical (unpaired) electrons. The minimum absolute atomic E-state index is 0.0343. The Kier molecular flexibility index (Phi) is 6.30. The molecule has 0 unspecified atom stereocenters. The Bertz CT molecular complexity index is 1910. The van der Waals surface area contributed by atoms with E-state index in [1.807, 2.05) is 37.3 Å². The molecule has 204 valence electrons. The number of carbonyl (C=O) groups is 1. The summed E-state index contributed by atoms with van der Waals surface area (Å²) >= 11 is 0.983. The van der Waals surface area contributed by atoms with Crippen LogP contribution in [-0.2, 0) is 6.18 Å². The minimum atomic E-state index is -4.50. The number of benzene rings is 3. The van der Waals surface area contributed by atoms with Crippen molar-refractivity contribution in [1.82, 2.24) is 10.3 Å². The number of aromatic nitrogens is 3. The van der Waals surface area contributed by atoms with Crippen LogP contribution in [0.4, 0.5) is 18.9 Å². The Morgan fingerprint density at radius 1 is 0.976 bits per heavy atom. The van der Waals surface area contributed by atoms with Crippen molar-refractivity contribution in [3.8, 4) is 34.0 Å². The summed E-state index contributed by atoms with van der Waals surface area (Å²) in [5.41, 5.74) is 9.12. The van der Waals surface area contributed by atoms with Gasteiger partial charge in [0, 0.05) is 23.1 Å². The Balaban J connectivity index is 1.54. The second-order valence-corrected chi connectivity index (χ2v) is 10.3. The Morgan fingerprint density at radius 2 is 1.66 bits per heavy atom. The molecule has 0 aliphatic carbocycles. The molecule has 0 saturated carbocycles. The average Bonchev–Trinajstić information content (AvgIpc) is 3.52. The smallest absolute Gasteiger partial charge is 0.416 e. The number of carbonyl (C=O) groups excluding carboxylic acids is 1. The van der Waals surface area contributed by atoms with Crippen molar-refractivity contribution < 1.29 is 32.3 Å². The van der Waals surface area contributed by atoms with Crippen molar-refractivity contribution in [2.75, 3.05) is 5.73 Å². The van der Waals surface area contributed by atoms with Crippen molar-refractivity contribution in [2.24, 2.45) is 0 Å². The Labute approximate surface area is 234 Å². The van der Waals surface area contributed by atoms with Gasteiger partial charge in [-0.2, -0.15) is 13.2 Å². The molecule has 41 heavy (non-hydrogen) atoms. The monoisotopic (exact) mass is 572 g/mol. The number of nitrogen functional groups attached to an aromatic ring is 1. The van der Waals surface area contributed by atoms with Gasteiger partial charge in [0.05, 0.1) is 22.2 Å². The first-order valence-electron chi connectivity index (χ1n) is 12.3. The zero-order chi connectivity index (χ0) is 28.9. The summed E-state index contributed by atoms with van der Waals surface area (Å²) in [6.45, 7) is 1.89. The lowest BCUT2D eigenvalue weighted by molar-refractivity contribution is -0.672. The number of nitrogens with zero attached hydrogens (tertiary/aromatic N) is 3. The average molecular weight is 573 g/mol. The van der Waals surface area contributed by atoms with E-state index >= 15 is 0 Å². The SMILES string of the molecule is Cc1ccc(-[n+]2noc([O-])c2C(=O)c2sc3nc(-c4ccccc4)cc(-c4ccc(C(F)(F)F)cc4)c3c2N)cc1. The van der Waals surface area contributed by atoms with Gasteiger partial charge in [0.15, 0.2) is 5.95 Å². The molecule has 6 aromatic rings. The number of anilines is 1. The van der Waals surface area contributed by atoms with Gasteiger partial charge in [-0.3, -0.25) is 4.79 Å². The van der Waals surface area contributed by atoms with E-state index in [1.165, 1.54) is 12.1 Å². The van der Waals surface area contributed by atoms with E-state index in [9.17, 15) is 23.1 Å². The van der Waals surface area contributed by atoms with Gasteiger partial charge in [-0.15, -0.1) is 11.3 Å². The van der Waals surface area contributed by atoms with E-state index in [0.29, 0.717) is 32.7 Å². The third kappa shape index (κ3) is 4.70. The molecule has 3 heterocycles. The van der Waals surface area contributed by atoms with Gasteiger partial charge in [0.25, 0.3) is 5.78 Å². The van der Waals surface area contributed by atoms with Crippen LogP contribution >= 0.6 is 11.3 Å². The molecule has 3 aromatic carbocycles. The number of pyridine rings is 1. The molecule has 7 nitrogen and oxygen atoms in total. The molecule has 6 rings (SSSR count). The van der Waals surface area contributed by atoms with E-state index in [1.54, 1.807) is 30.3 Å². The fraction of sp³-hybridized carbons (Fsp3) is 0.0667. The lowest BCUT2D eigenvalue weighted by Gasteiger charge is -2.11. The maximum Gasteiger partial charge on any atom is 0.416 e. The number of aryl methyl sites for hydroxylation is 1. The predicted octanol–water partition coefficient (Wildman–Crippen LogP) is 6.11. The van der Waals surface area contributed by atoms with Crippen molar-refractivity contribution in [2.45, 2.75) is 13.1 Å². The number of nitrogens with two attached hydrogens (primary N) is 1. The highest BCUT2D eigenvalue weighted by atomic mass is 32.1. The summed E-state index contributed by atoms with van der Waals surface area (Å²) in [4.78, 5) is 18.9. The van der Waals surface area contributed by atoms with Gasteiger partial charge in [-0.25, -0.2) is 4.98 Å². The second-order valence-electron chi connectivity index (χ2n) is 9.31. The minimum Gasteiger partial charge on any atom is -0.539 e. The lowest BCUT2D eigenvalue weighted by Crippen LogP contribution is -2.39. The molecule has 0 bridgehead atoms. The first-order chi connectivity index (χ1) is 19.6. The lowest BCUT2D eigenvalue weighted by atomic mass is 9.98. The number of rotatable bonds is 5. The quantitative estimate of drug-likeness (QED) is 0.197. The third-order valence-electron chi connectivity index (χ3n) is 6.60. The van der Waals surface area contributed by atoms with E-state index in [0.717, 1.165) is 39.3 Å². The summed E-state index contributed by atoms with van der Waals surface area (Å²) in [7, 11) is 0. The predicted molar refractivity (Wildman–Crippen MR) is 146 cm³/mol. The molecular weight excluding hydrogens is 553 g/mol. The second kappa shape index (κ2) is 9.86. The first-order valence-corrected chi connectivity index (χ1v) is 13.1. The van der Waals surface area contributed by atoms with Gasteiger partial charge >= 0.3 is 11.9 Å². The normalized spacial score (nSPS) is 11.7. The van der Waals surface area contributed by atoms with Gasteiger partial charge in [0.2, 0.25) is 5.69 Å². The summed E-state index contributed by atoms with van der Waals surface area (Å²) in [6.07, 6.45) is -4.50. The number of hydrogen-bond acceptors (Lipinski definition) is 7. The number of ketones is 1. The summed E-state index contributed by atoms with van der Waals surface area (Å²) in [5.74, 6) is -1.65. The molecule has 11 heteroatoms. The molecule has 0 aliphatic rings. The van der Waals surface area contributed by atoms with E-state index < -0.39 is 23.5 Å². The highest BCUT2D eigenvalue weighted by Gasteiger charge is 2.33. The summed E-state index contributed by atoms with van der Waals surface area (Å²) in [5, 5.41) is 16.8. The van der Waals surface area contributed by atoms with Crippen LogP contribution in [-0.4, -0.2) is 16.0 Å². The van der Waals surface area contributed by atoms with Crippen LogP contribution in [0.1, 0.15) is 26.5 Å². The fourth-order valence-electron chi connectivity index (χ4n) is 4.52. The van der Waals surface area contributed by atoms with Crippen LogP contribution in [0.2, 0.25) is 0 Å². The van der Waals surface area contributed by atoms with Crippen LogP contribution < -0.4 is 15.5 Å². The van der Waals surface area contributed by atoms with E-state index in [-0.39, 0.29) is 16.3 Å². The molecule has 3 aromatic heterocycles. The number of thiophene rings is 1. The molecule has 0 spiro atoms. The van der Waals surface area contributed by atoms with Crippen molar-refractivity contribution in [3.63, 3.8) is 0 Å². The molecule has 2 N–H and O–H groups in total. The van der Waals surface area contributed by atoms with Crippen molar-refractivity contribution in [1.29, 1.82) is 0 Å². The summed E-state index contributed by atoms with van der Waals surface area (Å²) in [6, 6.07) is 22.6. The zero-order valence-corrected chi connectivity index (χ0v) is 22.1. The molecule has 0 aliphatic heterocycles. The molecule has 0 atom stereocenters. The molecule has 0 amide bonds. The van der Waals surface area contributed by atoms with Gasteiger partial charge in [-0.05, 0) is 40.9 Å². The fourth-order valence-corrected chi connectivity index (χ4v) is 5.58. The first kappa shape index (κ1) is 26.2. The molecule has 0 saturated heterocycles. The number of fused-ring (bicyclic) bond motifs is 1. The number of alkyl halides is 3. The Morgan fingerprint density at radius 3 is 2.32 bits per heavy atom. The van der Waals surface area contributed by atoms with Gasteiger partial charge in [0.1, 0.15) is 9.71 Å². The van der Waals surface area contributed by atoms with Crippen LogP contribution in [0.3, 0.4) is 0 Å². The summed E-state index contributed by atoms with van der Waals surface area (Å²) < 4.78 is 45.7. The third-order valence-corrected chi connectivity index (χ3v) is 7.70. The van der Waals surface area contributed by atoms with Gasteiger partial charge < -0.3 is 15.4 Å².